The van der Waals surface area contributed by atoms with Crippen LogP contribution < -0.4 is 10.6 Å². The minimum absolute atomic E-state index is 0.124. The summed E-state index contributed by atoms with van der Waals surface area (Å²) in [5, 5.41) is 7.33. The molecule has 2 heterocycles. The van der Waals surface area contributed by atoms with Crippen molar-refractivity contribution >= 4 is 38.4 Å². The van der Waals surface area contributed by atoms with Crippen LogP contribution in [-0.2, 0) is 19.6 Å². The van der Waals surface area contributed by atoms with Crippen molar-refractivity contribution in [2.24, 2.45) is 5.92 Å². The predicted octanol–water partition coefficient (Wildman–Crippen LogP) is 2.53. The minimum atomic E-state index is -3.93. The Labute approximate surface area is 216 Å². The van der Waals surface area contributed by atoms with E-state index < -0.39 is 33.8 Å². The third kappa shape index (κ3) is 6.03. The van der Waals surface area contributed by atoms with Gasteiger partial charge in [0.25, 0.3) is 15.9 Å². The normalized spacial score (nSPS) is 17.8. The Balaban J connectivity index is 1.43. The van der Waals surface area contributed by atoms with Crippen LogP contribution in [0.2, 0.25) is 0 Å². The number of Topliss-reactive ketones (excluding diaryl/α,β-unsaturated/α-hetero) is 1. The van der Waals surface area contributed by atoms with Gasteiger partial charge in [0.2, 0.25) is 5.91 Å². The number of aromatic nitrogens is 1. The van der Waals surface area contributed by atoms with Crippen LogP contribution in [0.4, 0.5) is 0 Å². The standard InChI is InChI=1S/C27H30N4O5S/c1-18(2)25(30-26(33)21-13-12-19-8-3-4-9-20(19)16-21)27(34)29-22-10-7-15-31(17-23(22)32)37(35,36)24-11-5-6-14-28-24/h3-6,8-9,11-14,16,18,22,25H,7,10,15,17H2,1-2H3,(H,29,34)(H,30,33). The highest BCUT2D eigenvalue weighted by atomic mass is 32.2. The number of amides is 2. The number of hydrogen-bond donors (Lipinski definition) is 2. The summed E-state index contributed by atoms with van der Waals surface area (Å²) in [6.07, 6.45) is 2.06. The van der Waals surface area contributed by atoms with Crippen molar-refractivity contribution in [3.63, 3.8) is 0 Å². The Morgan fingerprint density at radius 2 is 1.76 bits per heavy atom. The lowest BCUT2D eigenvalue weighted by molar-refractivity contribution is -0.129. The molecule has 0 bridgehead atoms. The van der Waals surface area contributed by atoms with E-state index >= 15 is 0 Å². The Kier molecular flexibility index (Phi) is 7.99. The number of nitrogens with one attached hydrogen (secondary N) is 2. The van der Waals surface area contributed by atoms with Crippen molar-refractivity contribution in [2.75, 3.05) is 13.1 Å². The van der Waals surface area contributed by atoms with Crippen molar-refractivity contribution in [3.8, 4) is 0 Å². The second-order valence-electron chi connectivity index (χ2n) is 9.43. The van der Waals surface area contributed by atoms with Gasteiger partial charge in [0.15, 0.2) is 10.8 Å². The Bertz CT molecular complexity index is 1410. The number of rotatable bonds is 7. The highest BCUT2D eigenvalue weighted by molar-refractivity contribution is 7.89. The van der Waals surface area contributed by atoms with Crippen LogP contribution in [0.25, 0.3) is 10.8 Å². The fourth-order valence-corrected chi connectivity index (χ4v) is 5.71. The van der Waals surface area contributed by atoms with E-state index in [1.165, 1.54) is 12.3 Å². The van der Waals surface area contributed by atoms with E-state index in [0.29, 0.717) is 18.4 Å². The summed E-state index contributed by atoms with van der Waals surface area (Å²) in [5.74, 6) is -1.53. The quantitative estimate of drug-likeness (QED) is 0.491. The fourth-order valence-electron chi connectivity index (χ4n) is 4.34. The van der Waals surface area contributed by atoms with E-state index in [1.807, 2.05) is 30.3 Å². The lowest BCUT2D eigenvalue weighted by Crippen LogP contribution is -2.54. The van der Waals surface area contributed by atoms with Gasteiger partial charge in [0.05, 0.1) is 12.6 Å². The molecular formula is C27H30N4O5S. The molecule has 9 nitrogen and oxygen atoms in total. The Morgan fingerprint density at radius 1 is 1.03 bits per heavy atom. The first-order valence-electron chi connectivity index (χ1n) is 12.2. The second-order valence-corrected chi connectivity index (χ2v) is 11.3. The fraction of sp³-hybridized carbons (Fsp3) is 0.333. The minimum Gasteiger partial charge on any atom is -0.344 e. The zero-order valence-electron chi connectivity index (χ0n) is 20.8. The number of sulfonamides is 1. The summed E-state index contributed by atoms with van der Waals surface area (Å²) in [6.45, 7) is 3.39. The molecule has 194 valence electrons. The van der Waals surface area contributed by atoms with Gasteiger partial charge in [-0.15, -0.1) is 0 Å². The summed E-state index contributed by atoms with van der Waals surface area (Å²) < 4.78 is 27.0. The van der Waals surface area contributed by atoms with Gasteiger partial charge in [-0.3, -0.25) is 14.4 Å². The third-order valence-electron chi connectivity index (χ3n) is 6.43. The number of benzene rings is 2. The average Bonchev–Trinajstić information content (AvgIpc) is 3.08. The molecule has 2 atom stereocenters. The van der Waals surface area contributed by atoms with Gasteiger partial charge in [-0.1, -0.05) is 50.2 Å². The average molecular weight is 523 g/mol. The van der Waals surface area contributed by atoms with Crippen LogP contribution in [0.15, 0.2) is 71.9 Å². The molecule has 2 N–H and O–H groups in total. The van der Waals surface area contributed by atoms with Gasteiger partial charge in [0.1, 0.15) is 6.04 Å². The lowest BCUT2D eigenvalue weighted by Gasteiger charge is -2.25. The van der Waals surface area contributed by atoms with Crippen LogP contribution >= 0.6 is 0 Å². The highest BCUT2D eigenvalue weighted by Crippen LogP contribution is 2.19. The van der Waals surface area contributed by atoms with E-state index in [1.54, 1.807) is 38.1 Å². The molecule has 4 rings (SSSR count). The number of nitrogens with zero attached hydrogens (tertiary/aromatic N) is 2. The van der Waals surface area contributed by atoms with Gasteiger partial charge in [0, 0.05) is 18.3 Å². The van der Waals surface area contributed by atoms with Crippen molar-refractivity contribution in [3.05, 3.63) is 72.4 Å². The zero-order valence-corrected chi connectivity index (χ0v) is 21.6. The van der Waals surface area contributed by atoms with Crippen molar-refractivity contribution in [2.45, 2.75) is 43.8 Å². The topological polar surface area (TPSA) is 126 Å². The number of carbonyl (C=O) groups is 3. The molecule has 2 unspecified atom stereocenters. The molecule has 0 aliphatic carbocycles. The molecule has 2 amide bonds. The smallest absolute Gasteiger partial charge is 0.260 e. The van der Waals surface area contributed by atoms with E-state index in [2.05, 4.69) is 15.6 Å². The van der Waals surface area contributed by atoms with Crippen LogP contribution in [0.1, 0.15) is 37.0 Å². The number of carbonyl (C=O) groups excluding carboxylic acids is 3. The molecule has 1 aliphatic rings. The zero-order chi connectivity index (χ0) is 26.6. The van der Waals surface area contributed by atoms with Crippen molar-refractivity contribution in [1.82, 2.24) is 19.9 Å². The molecule has 10 heteroatoms. The third-order valence-corrected chi connectivity index (χ3v) is 8.19. The summed E-state index contributed by atoms with van der Waals surface area (Å²) in [5.41, 5.74) is 0.429. The summed E-state index contributed by atoms with van der Waals surface area (Å²) in [7, 11) is -3.93. The Hall–Kier alpha value is -3.63. The second kappa shape index (κ2) is 11.2. The van der Waals surface area contributed by atoms with Gasteiger partial charge < -0.3 is 10.6 Å². The van der Waals surface area contributed by atoms with Crippen molar-refractivity contribution < 1.29 is 22.8 Å². The predicted molar refractivity (Wildman–Crippen MR) is 139 cm³/mol. The maximum absolute atomic E-state index is 13.2. The number of fused-ring (bicyclic) bond motifs is 1. The van der Waals surface area contributed by atoms with E-state index in [0.717, 1.165) is 15.1 Å². The van der Waals surface area contributed by atoms with Crippen LogP contribution in [0, 0.1) is 5.92 Å². The SMILES string of the molecule is CC(C)C(NC(=O)c1ccc2ccccc2c1)C(=O)NC1CCCN(S(=O)(=O)c2ccccn2)CC1=O. The maximum Gasteiger partial charge on any atom is 0.260 e. The van der Waals surface area contributed by atoms with Crippen molar-refractivity contribution in [1.29, 1.82) is 0 Å². The molecule has 3 aromatic rings. The van der Waals surface area contributed by atoms with Crippen LogP contribution in [0.3, 0.4) is 0 Å². The Morgan fingerprint density at radius 3 is 2.46 bits per heavy atom. The molecule has 37 heavy (non-hydrogen) atoms. The molecule has 1 saturated heterocycles. The van der Waals surface area contributed by atoms with Gasteiger partial charge in [-0.2, -0.15) is 4.31 Å². The molecule has 0 saturated carbocycles. The first-order chi connectivity index (χ1) is 17.7. The molecule has 1 aliphatic heterocycles. The first kappa shape index (κ1) is 26.4. The van der Waals surface area contributed by atoms with Gasteiger partial charge in [-0.05, 0) is 53.8 Å². The largest absolute Gasteiger partial charge is 0.344 e. The maximum atomic E-state index is 13.2. The summed E-state index contributed by atoms with van der Waals surface area (Å²) in [4.78, 5) is 43.0. The molecule has 0 radical (unpaired) electrons. The summed E-state index contributed by atoms with van der Waals surface area (Å²) in [6, 6.07) is 15.8. The molecule has 1 aromatic heterocycles. The van der Waals surface area contributed by atoms with Crippen LogP contribution in [-0.4, -0.2) is 60.5 Å². The van der Waals surface area contributed by atoms with E-state index in [4.69, 9.17) is 0 Å². The molecule has 1 fully saturated rings. The lowest BCUT2D eigenvalue weighted by atomic mass is 10.0. The monoisotopic (exact) mass is 522 g/mol. The highest BCUT2D eigenvalue weighted by Gasteiger charge is 2.35. The number of pyridine rings is 1. The van der Waals surface area contributed by atoms with Gasteiger partial charge >= 0.3 is 0 Å². The number of ketones is 1. The summed E-state index contributed by atoms with van der Waals surface area (Å²) >= 11 is 0. The first-order valence-corrected chi connectivity index (χ1v) is 13.6. The molecule has 2 aromatic carbocycles. The number of hydrogen-bond acceptors (Lipinski definition) is 6. The van der Waals surface area contributed by atoms with E-state index in [-0.39, 0.29) is 29.9 Å². The van der Waals surface area contributed by atoms with Crippen LogP contribution in [0.5, 0.6) is 0 Å². The van der Waals surface area contributed by atoms with Gasteiger partial charge in [-0.25, -0.2) is 13.4 Å². The molecular weight excluding hydrogens is 492 g/mol. The molecule has 0 spiro atoms. The van der Waals surface area contributed by atoms with E-state index in [9.17, 15) is 22.8 Å².